The van der Waals surface area contributed by atoms with Gasteiger partial charge in [0.2, 0.25) is 9.84 Å². The molecule has 0 aromatic heterocycles. The third-order valence-corrected chi connectivity index (χ3v) is 5.47. The van der Waals surface area contributed by atoms with E-state index in [9.17, 15) is 18.5 Å². The molecule has 0 heterocycles. The van der Waals surface area contributed by atoms with Crippen LogP contribution in [0.25, 0.3) is 0 Å². The maximum absolute atomic E-state index is 12.7. The summed E-state index contributed by atoms with van der Waals surface area (Å²) in [4.78, 5) is 14.2. The van der Waals surface area contributed by atoms with Crippen LogP contribution < -0.4 is 5.32 Å². The Morgan fingerprint density at radius 3 is 2.52 bits per heavy atom. The number of sulfone groups is 1. The summed E-state index contributed by atoms with van der Waals surface area (Å²) in [5.41, 5.74) is -0.423. The van der Waals surface area contributed by atoms with E-state index in [2.05, 4.69) is 10.3 Å². The Labute approximate surface area is 148 Å². The first kappa shape index (κ1) is 18.4. The highest BCUT2D eigenvalue weighted by Crippen LogP contribution is 2.32. The topological polar surface area (TPSA) is 125 Å². The molecule has 0 aliphatic carbocycles. The van der Waals surface area contributed by atoms with E-state index in [1.807, 2.05) is 0 Å². The molecule has 0 unspecified atom stereocenters. The summed E-state index contributed by atoms with van der Waals surface area (Å²) in [5, 5.41) is 22.5. The van der Waals surface area contributed by atoms with Gasteiger partial charge in [-0.2, -0.15) is 5.26 Å². The molecule has 0 spiro atoms. The predicted octanol–water partition coefficient (Wildman–Crippen LogP) is 2.85. The molecule has 0 amide bonds. The van der Waals surface area contributed by atoms with Gasteiger partial charge in [0.25, 0.3) is 5.69 Å². The number of hydrogen-bond donors (Lipinski definition) is 1. The van der Waals surface area contributed by atoms with Gasteiger partial charge in [-0.05, 0) is 30.5 Å². The maximum atomic E-state index is 12.7. The first-order valence-corrected chi connectivity index (χ1v) is 9.47. The highest BCUT2D eigenvalue weighted by molar-refractivity contribution is 8.13. The average Bonchev–Trinajstić information content (AvgIpc) is 2.61. The van der Waals surface area contributed by atoms with Gasteiger partial charge in [-0.1, -0.05) is 30.0 Å². The minimum absolute atomic E-state index is 0.0368. The summed E-state index contributed by atoms with van der Waals surface area (Å²) in [6, 6.07) is 11.0. The van der Waals surface area contributed by atoms with Gasteiger partial charge in [0.05, 0.1) is 15.5 Å². The van der Waals surface area contributed by atoms with Gasteiger partial charge in [0.1, 0.15) is 4.90 Å². The van der Waals surface area contributed by atoms with E-state index in [0.29, 0.717) is 0 Å². The van der Waals surface area contributed by atoms with Crippen molar-refractivity contribution < 1.29 is 13.3 Å². The molecule has 0 saturated carbocycles. The van der Waals surface area contributed by atoms with Crippen LogP contribution in [-0.2, 0) is 9.84 Å². The lowest BCUT2D eigenvalue weighted by Gasteiger charge is -2.06. The van der Waals surface area contributed by atoms with Gasteiger partial charge in [0, 0.05) is 6.07 Å². The second-order valence-corrected chi connectivity index (χ2v) is 7.30. The van der Waals surface area contributed by atoms with Crippen LogP contribution >= 0.6 is 11.8 Å². The standard InChI is InChI=1S/C15H12N4O4S2/c1-24-15(17-10-16)18-11-7-8-14(13(9-11)19(20)21)25(22,23)12-5-3-2-4-6-12/h2-9H,1H3,(H,17,18). The number of aliphatic imine (C=N–C) groups is 1. The van der Waals surface area contributed by atoms with Crippen molar-refractivity contribution in [1.82, 2.24) is 5.32 Å². The van der Waals surface area contributed by atoms with Crippen molar-refractivity contribution in [3.05, 3.63) is 58.6 Å². The second-order valence-electron chi connectivity index (χ2n) is 4.58. The molecule has 25 heavy (non-hydrogen) atoms. The van der Waals surface area contributed by atoms with Crippen LogP contribution in [0.4, 0.5) is 11.4 Å². The molecular weight excluding hydrogens is 364 g/mol. The molecule has 2 rings (SSSR count). The highest BCUT2D eigenvalue weighted by Gasteiger charge is 2.27. The molecule has 128 valence electrons. The second kappa shape index (κ2) is 7.78. The number of nitrogens with zero attached hydrogens (tertiary/aromatic N) is 3. The number of amidine groups is 1. The number of thioether (sulfide) groups is 1. The fourth-order valence-electron chi connectivity index (χ4n) is 1.96. The summed E-state index contributed by atoms with van der Waals surface area (Å²) in [6.07, 6.45) is 3.37. The molecule has 0 radical (unpaired) electrons. The van der Waals surface area contributed by atoms with E-state index in [1.165, 1.54) is 30.3 Å². The number of nitro groups is 1. The minimum atomic E-state index is -4.04. The van der Waals surface area contributed by atoms with Crippen LogP contribution in [0.1, 0.15) is 0 Å². The zero-order valence-corrected chi connectivity index (χ0v) is 14.5. The summed E-state index contributed by atoms with van der Waals surface area (Å²) >= 11 is 1.14. The van der Waals surface area contributed by atoms with Crippen LogP contribution in [0.5, 0.6) is 0 Å². The van der Waals surface area contributed by atoms with Crippen LogP contribution in [0.3, 0.4) is 0 Å². The predicted molar refractivity (Wildman–Crippen MR) is 94.3 cm³/mol. The quantitative estimate of drug-likeness (QED) is 0.217. The number of hydrogen-bond acceptors (Lipinski definition) is 7. The highest BCUT2D eigenvalue weighted by atomic mass is 32.2. The molecule has 2 aromatic carbocycles. The van der Waals surface area contributed by atoms with Crippen LogP contribution in [-0.4, -0.2) is 24.8 Å². The van der Waals surface area contributed by atoms with E-state index in [-0.39, 0.29) is 15.8 Å². The third kappa shape index (κ3) is 4.14. The molecule has 0 aliphatic rings. The third-order valence-electron chi connectivity index (χ3n) is 3.07. The van der Waals surface area contributed by atoms with E-state index < -0.39 is 25.3 Å². The Morgan fingerprint density at radius 1 is 1.28 bits per heavy atom. The van der Waals surface area contributed by atoms with Crippen molar-refractivity contribution in [3.63, 3.8) is 0 Å². The zero-order valence-electron chi connectivity index (χ0n) is 12.9. The van der Waals surface area contributed by atoms with E-state index >= 15 is 0 Å². The first-order valence-electron chi connectivity index (χ1n) is 6.76. The number of rotatable bonds is 4. The van der Waals surface area contributed by atoms with Crippen molar-refractivity contribution in [2.75, 3.05) is 6.26 Å². The number of nitrogens with one attached hydrogen (secondary N) is 1. The van der Waals surface area contributed by atoms with Crippen LogP contribution in [0.2, 0.25) is 0 Å². The molecule has 10 heteroatoms. The molecule has 0 saturated heterocycles. The van der Waals surface area contributed by atoms with Gasteiger partial charge in [0.15, 0.2) is 11.4 Å². The average molecular weight is 376 g/mol. The fraction of sp³-hybridized carbons (Fsp3) is 0.0667. The largest absolute Gasteiger partial charge is 0.290 e. The Bertz CT molecular complexity index is 967. The van der Waals surface area contributed by atoms with Gasteiger partial charge in [-0.25, -0.2) is 13.4 Å². The normalized spacial score (nSPS) is 11.6. The fourth-order valence-corrected chi connectivity index (χ4v) is 3.73. The SMILES string of the molecule is CSC(=Nc1ccc(S(=O)(=O)c2ccccc2)c([N+](=O)[O-])c1)NC#N. The lowest BCUT2D eigenvalue weighted by molar-refractivity contribution is -0.387. The zero-order chi connectivity index (χ0) is 18.4. The van der Waals surface area contributed by atoms with Crippen molar-refractivity contribution in [3.8, 4) is 6.19 Å². The first-order chi connectivity index (χ1) is 11.9. The molecule has 1 N–H and O–H groups in total. The smallest absolute Gasteiger partial charge is 0.271 e. The molecule has 0 aliphatic heterocycles. The van der Waals surface area contributed by atoms with Gasteiger partial charge in [-0.3, -0.25) is 15.4 Å². The van der Waals surface area contributed by atoms with E-state index in [1.54, 1.807) is 18.5 Å². The van der Waals surface area contributed by atoms with Crippen molar-refractivity contribution in [1.29, 1.82) is 5.26 Å². The van der Waals surface area contributed by atoms with E-state index in [4.69, 9.17) is 5.26 Å². The lowest BCUT2D eigenvalue weighted by atomic mass is 10.3. The summed E-state index contributed by atoms with van der Waals surface area (Å²) in [7, 11) is -4.04. The Balaban J connectivity index is 2.59. The molecular formula is C15H12N4O4S2. The van der Waals surface area contributed by atoms with E-state index in [0.717, 1.165) is 23.9 Å². The van der Waals surface area contributed by atoms with Crippen molar-refractivity contribution >= 4 is 38.1 Å². The van der Waals surface area contributed by atoms with Crippen molar-refractivity contribution in [2.45, 2.75) is 9.79 Å². The number of benzene rings is 2. The van der Waals surface area contributed by atoms with Crippen molar-refractivity contribution in [2.24, 2.45) is 4.99 Å². The lowest BCUT2D eigenvalue weighted by Crippen LogP contribution is -2.12. The summed E-state index contributed by atoms with van der Waals surface area (Å²) in [5.74, 6) is 0. The number of nitro benzene ring substituents is 1. The summed E-state index contributed by atoms with van der Waals surface area (Å²) < 4.78 is 25.3. The Kier molecular flexibility index (Phi) is 5.74. The molecule has 0 fully saturated rings. The number of nitriles is 1. The van der Waals surface area contributed by atoms with Crippen LogP contribution in [0, 0.1) is 21.6 Å². The molecule has 8 nitrogen and oxygen atoms in total. The maximum Gasteiger partial charge on any atom is 0.290 e. The Morgan fingerprint density at radius 2 is 1.96 bits per heavy atom. The minimum Gasteiger partial charge on any atom is -0.271 e. The molecule has 2 aromatic rings. The van der Waals surface area contributed by atoms with Gasteiger partial charge >= 0.3 is 0 Å². The summed E-state index contributed by atoms with van der Waals surface area (Å²) in [6.45, 7) is 0. The monoisotopic (exact) mass is 376 g/mol. The van der Waals surface area contributed by atoms with Gasteiger partial charge < -0.3 is 0 Å². The molecule has 0 bridgehead atoms. The van der Waals surface area contributed by atoms with Gasteiger partial charge in [-0.15, -0.1) is 0 Å². The molecule has 0 atom stereocenters. The Hall–Kier alpha value is -2.90. The van der Waals surface area contributed by atoms with Crippen LogP contribution in [0.15, 0.2) is 63.3 Å².